The van der Waals surface area contributed by atoms with Gasteiger partial charge in [-0.1, -0.05) is 49.8 Å². The molecule has 0 atom stereocenters. The second kappa shape index (κ2) is 8.59. The standard InChI is InChI=1S/C17H24N4O3S2/c1-5-6-15(22)18-16-19-20-17(25-16)26(23,24)21(11-12(2)3)14-9-7-13(4)8-10-14/h7-10,12H,5-6,11H2,1-4H3,(H,18,19,22). The van der Waals surface area contributed by atoms with E-state index in [1.807, 2.05) is 39.8 Å². The molecule has 0 saturated carbocycles. The van der Waals surface area contributed by atoms with Crippen LogP contribution >= 0.6 is 11.3 Å². The van der Waals surface area contributed by atoms with Crippen LogP contribution in [0.15, 0.2) is 28.6 Å². The van der Waals surface area contributed by atoms with Crippen LogP contribution in [0, 0.1) is 12.8 Å². The second-order valence-corrected chi connectivity index (χ2v) is 9.45. The second-order valence-electron chi connectivity index (χ2n) is 6.44. The lowest BCUT2D eigenvalue weighted by Gasteiger charge is -2.24. The number of aryl methyl sites for hydroxylation is 1. The fraction of sp³-hybridized carbons (Fsp3) is 0.471. The van der Waals surface area contributed by atoms with E-state index in [9.17, 15) is 13.2 Å². The molecule has 0 aliphatic carbocycles. The van der Waals surface area contributed by atoms with Crippen molar-refractivity contribution in [3.8, 4) is 0 Å². The summed E-state index contributed by atoms with van der Waals surface area (Å²) in [5, 5.41) is 10.4. The molecule has 7 nitrogen and oxygen atoms in total. The zero-order valence-electron chi connectivity index (χ0n) is 15.4. The highest BCUT2D eigenvalue weighted by Gasteiger charge is 2.29. The van der Waals surface area contributed by atoms with E-state index < -0.39 is 10.0 Å². The Hall–Kier alpha value is -2.00. The zero-order valence-corrected chi connectivity index (χ0v) is 17.0. The topological polar surface area (TPSA) is 92.3 Å². The van der Waals surface area contributed by atoms with Crippen LogP contribution in [0.5, 0.6) is 0 Å². The van der Waals surface area contributed by atoms with Crippen LogP contribution in [0.3, 0.4) is 0 Å². The van der Waals surface area contributed by atoms with Crippen molar-refractivity contribution in [2.75, 3.05) is 16.2 Å². The predicted octanol–water partition coefficient (Wildman–Crippen LogP) is 3.44. The van der Waals surface area contributed by atoms with Gasteiger partial charge in [-0.15, -0.1) is 10.2 Å². The maximum Gasteiger partial charge on any atom is 0.293 e. The fourth-order valence-corrected chi connectivity index (χ4v) is 4.90. The number of carbonyl (C=O) groups excluding carboxylic acids is 1. The van der Waals surface area contributed by atoms with Crippen molar-refractivity contribution >= 4 is 38.1 Å². The zero-order chi connectivity index (χ0) is 19.3. The first-order chi connectivity index (χ1) is 12.2. The van der Waals surface area contributed by atoms with Gasteiger partial charge in [0, 0.05) is 13.0 Å². The molecule has 0 bridgehead atoms. The number of carbonyl (C=O) groups is 1. The maximum atomic E-state index is 13.1. The molecule has 0 spiro atoms. The molecule has 2 rings (SSSR count). The van der Waals surface area contributed by atoms with Gasteiger partial charge >= 0.3 is 0 Å². The van der Waals surface area contributed by atoms with Gasteiger partial charge < -0.3 is 5.32 Å². The van der Waals surface area contributed by atoms with E-state index in [4.69, 9.17) is 0 Å². The maximum absolute atomic E-state index is 13.1. The van der Waals surface area contributed by atoms with Crippen molar-refractivity contribution in [3.05, 3.63) is 29.8 Å². The molecule has 0 fully saturated rings. The highest BCUT2D eigenvalue weighted by atomic mass is 32.2. The summed E-state index contributed by atoms with van der Waals surface area (Å²) in [5.74, 6) is -0.0760. The molecule has 1 heterocycles. The SMILES string of the molecule is CCCC(=O)Nc1nnc(S(=O)(=O)N(CC(C)C)c2ccc(C)cc2)s1. The fourth-order valence-electron chi connectivity index (χ4n) is 2.25. The van der Waals surface area contributed by atoms with Gasteiger partial charge in [0.2, 0.25) is 11.0 Å². The molecule has 0 aliphatic rings. The first kappa shape index (κ1) is 20.3. The lowest BCUT2D eigenvalue weighted by molar-refractivity contribution is -0.116. The van der Waals surface area contributed by atoms with Gasteiger partial charge in [0.1, 0.15) is 0 Å². The van der Waals surface area contributed by atoms with E-state index in [1.54, 1.807) is 12.1 Å². The van der Waals surface area contributed by atoms with Crippen molar-refractivity contribution in [1.29, 1.82) is 0 Å². The predicted molar refractivity (Wildman–Crippen MR) is 104 cm³/mol. The van der Waals surface area contributed by atoms with E-state index in [0.717, 1.165) is 16.9 Å². The number of aromatic nitrogens is 2. The Labute approximate surface area is 158 Å². The summed E-state index contributed by atoms with van der Waals surface area (Å²) in [5.41, 5.74) is 1.63. The van der Waals surface area contributed by atoms with E-state index in [1.165, 1.54) is 4.31 Å². The summed E-state index contributed by atoms with van der Waals surface area (Å²) in [6, 6.07) is 7.30. The summed E-state index contributed by atoms with van der Waals surface area (Å²) >= 11 is 0.863. The normalized spacial score (nSPS) is 11.6. The third kappa shape index (κ3) is 5.01. The van der Waals surface area contributed by atoms with Gasteiger partial charge in [-0.2, -0.15) is 8.42 Å². The summed E-state index contributed by atoms with van der Waals surface area (Å²) in [7, 11) is -3.86. The monoisotopic (exact) mass is 396 g/mol. The average Bonchev–Trinajstić information content (AvgIpc) is 3.03. The quantitative estimate of drug-likeness (QED) is 0.690. The summed E-state index contributed by atoms with van der Waals surface area (Å²) in [6.45, 7) is 8.06. The molecule has 0 unspecified atom stereocenters. The van der Waals surface area contributed by atoms with Crippen LogP contribution in [0.25, 0.3) is 0 Å². The van der Waals surface area contributed by atoms with Crippen LogP contribution in [0.2, 0.25) is 0 Å². The highest BCUT2D eigenvalue weighted by Crippen LogP contribution is 2.28. The molecule has 0 radical (unpaired) electrons. The Bertz CT molecular complexity index is 845. The van der Waals surface area contributed by atoms with Crippen molar-refractivity contribution in [2.45, 2.75) is 44.9 Å². The lowest BCUT2D eigenvalue weighted by atomic mass is 10.2. The van der Waals surface area contributed by atoms with Crippen LogP contribution in [-0.4, -0.2) is 31.1 Å². The third-order valence-electron chi connectivity index (χ3n) is 3.49. The first-order valence-electron chi connectivity index (χ1n) is 8.46. The van der Waals surface area contributed by atoms with Crippen LogP contribution < -0.4 is 9.62 Å². The van der Waals surface area contributed by atoms with E-state index in [0.29, 0.717) is 25.1 Å². The number of nitrogens with zero attached hydrogens (tertiary/aromatic N) is 3. The molecule has 1 N–H and O–H groups in total. The Kier molecular flexibility index (Phi) is 6.71. The Morgan fingerprint density at radius 2 is 1.88 bits per heavy atom. The lowest BCUT2D eigenvalue weighted by Crippen LogP contribution is -2.34. The number of benzene rings is 1. The molecule has 2 aromatic rings. The summed E-state index contributed by atoms with van der Waals surface area (Å²) in [6.07, 6.45) is 1.05. The number of rotatable bonds is 8. The number of anilines is 2. The number of nitrogens with one attached hydrogen (secondary N) is 1. The molecule has 0 saturated heterocycles. The highest BCUT2D eigenvalue weighted by molar-refractivity contribution is 7.94. The van der Waals surface area contributed by atoms with Crippen LogP contribution in [-0.2, 0) is 14.8 Å². The van der Waals surface area contributed by atoms with Gasteiger partial charge in [-0.3, -0.25) is 9.10 Å². The van der Waals surface area contributed by atoms with Gasteiger partial charge in [0.15, 0.2) is 0 Å². The molecule has 0 aliphatic heterocycles. The van der Waals surface area contributed by atoms with Gasteiger partial charge in [0.25, 0.3) is 14.4 Å². The molecular weight excluding hydrogens is 372 g/mol. The van der Waals surface area contributed by atoms with Gasteiger partial charge in [0.05, 0.1) is 5.69 Å². The van der Waals surface area contributed by atoms with Gasteiger partial charge in [-0.25, -0.2) is 0 Å². The number of sulfonamides is 1. The van der Waals surface area contributed by atoms with E-state index >= 15 is 0 Å². The first-order valence-corrected chi connectivity index (χ1v) is 10.7. The Morgan fingerprint density at radius 3 is 2.46 bits per heavy atom. The van der Waals surface area contributed by atoms with Crippen LogP contribution in [0.4, 0.5) is 10.8 Å². The van der Waals surface area contributed by atoms with Crippen molar-refractivity contribution in [1.82, 2.24) is 10.2 Å². The number of amides is 1. The molecule has 9 heteroatoms. The van der Waals surface area contributed by atoms with E-state index in [-0.39, 0.29) is 21.3 Å². The number of hydrogen-bond acceptors (Lipinski definition) is 6. The van der Waals surface area contributed by atoms with Crippen LogP contribution in [0.1, 0.15) is 39.2 Å². The van der Waals surface area contributed by atoms with Gasteiger partial charge in [-0.05, 0) is 31.4 Å². The smallest absolute Gasteiger partial charge is 0.293 e. The third-order valence-corrected chi connectivity index (χ3v) is 6.47. The number of hydrogen-bond donors (Lipinski definition) is 1. The minimum atomic E-state index is -3.86. The Balaban J connectivity index is 2.33. The van der Waals surface area contributed by atoms with E-state index in [2.05, 4.69) is 15.5 Å². The van der Waals surface area contributed by atoms with Crippen molar-refractivity contribution in [3.63, 3.8) is 0 Å². The minimum absolute atomic E-state index is 0.128. The minimum Gasteiger partial charge on any atom is -0.301 e. The molecule has 1 aromatic carbocycles. The molecule has 26 heavy (non-hydrogen) atoms. The molecule has 1 aromatic heterocycles. The summed E-state index contributed by atoms with van der Waals surface area (Å²) < 4.78 is 27.4. The summed E-state index contributed by atoms with van der Waals surface area (Å²) in [4.78, 5) is 11.7. The van der Waals surface area contributed by atoms with Crippen molar-refractivity contribution in [2.24, 2.45) is 5.92 Å². The molecule has 142 valence electrons. The molecular formula is C17H24N4O3S2. The largest absolute Gasteiger partial charge is 0.301 e. The average molecular weight is 397 g/mol. The Morgan fingerprint density at radius 1 is 1.23 bits per heavy atom. The molecule has 1 amide bonds. The van der Waals surface area contributed by atoms with Crippen molar-refractivity contribution < 1.29 is 13.2 Å².